The quantitative estimate of drug-likeness (QED) is 0.440. The molecule has 0 atom stereocenters. The minimum absolute atomic E-state index is 0.346. The molecular formula is C11H13NO2S. The molecule has 80 valence electrons. The molecule has 1 aromatic heterocycles. The van der Waals surface area contributed by atoms with E-state index in [4.69, 9.17) is 5.11 Å². The molecule has 1 aromatic rings. The largest absolute Gasteiger partial charge is 0.478 e. The van der Waals surface area contributed by atoms with Gasteiger partial charge in [0.15, 0.2) is 0 Å². The van der Waals surface area contributed by atoms with E-state index in [1.807, 2.05) is 17.5 Å². The van der Waals surface area contributed by atoms with Crippen molar-refractivity contribution in [1.82, 2.24) is 5.32 Å². The van der Waals surface area contributed by atoms with Crippen LogP contribution in [0.5, 0.6) is 0 Å². The molecule has 0 aliphatic carbocycles. The molecule has 0 aliphatic heterocycles. The maximum atomic E-state index is 10.9. The summed E-state index contributed by atoms with van der Waals surface area (Å²) in [4.78, 5) is 11.8. The molecule has 2 N–H and O–H groups in total. The number of hydrogen-bond donors (Lipinski definition) is 2. The third-order valence-electron chi connectivity index (χ3n) is 1.74. The highest BCUT2D eigenvalue weighted by Crippen LogP contribution is 2.13. The third-order valence-corrected chi connectivity index (χ3v) is 2.56. The SMILES string of the molecule is C=CCNC/C(=C\c1cccs1)C(=O)O. The number of nitrogens with one attached hydrogen (secondary N) is 1. The number of carbonyl (C=O) groups is 1. The molecule has 0 fully saturated rings. The Balaban J connectivity index is 2.65. The lowest BCUT2D eigenvalue weighted by Gasteiger charge is -2.02. The van der Waals surface area contributed by atoms with Crippen LogP contribution in [-0.2, 0) is 4.79 Å². The minimum Gasteiger partial charge on any atom is -0.478 e. The lowest BCUT2D eigenvalue weighted by molar-refractivity contribution is -0.132. The predicted molar refractivity (Wildman–Crippen MR) is 63.0 cm³/mol. The van der Waals surface area contributed by atoms with E-state index in [2.05, 4.69) is 11.9 Å². The first-order valence-electron chi connectivity index (χ1n) is 4.53. The van der Waals surface area contributed by atoms with Crippen molar-refractivity contribution < 1.29 is 9.90 Å². The van der Waals surface area contributed by atoms with Crippen molar-refractivity contribution in [3.63, 3.8) is 0 Å². The number of hydrogen-bond acceptors (Lipinski definition) is 3. The predicted octanol–water partition coefficient (Wildman–Crippen LogP) is 1.99. The maximum absolute atomic E-state index is 10.9. The summed E-state index contributed by atoms with van der Waals surface area (Å²) in [7, 11) is 0. The summed E-state index contributed by atoms with van der Waals surface area (Å²) in [5.41, 5.74) is 0.360. The van der Waals surface area contributed by atoms with Gasteiger partial charge in [-0.1, -0.05) is 12.1 Å². The second-order valence-corrected chi connectivity index (χ2v) is 3.89. The van der Waals surface area contributed by atoms with Crippen molar-refractivity contribution in [1.29, 1.82) is 0 Å². The number of aliphatic carboxylic acids is 1. The molecule has 3 nitrogen and oxygen atoms in total. The van der Waals surface area contributed by atoms with Gasteiger partial charge in [-0.3, -0.25) is 0 Å². The van der Waals surface area contributed by atoms with E-state index in [0.29, 0.717) is 18.7 Å². The van der Waals surface area contributed by atoms with Gasteiger partial charge in [-0.25, -0.2) is 4.79 Å². The Hall–Kier alpha value is -1.39. The molecule has 0 amide bonds. The van der Waals surface area contributed by atoms with Gasteiger partial charge >= 0.3 is 5.97 Å². The summed E-state index contributed by atoms with van der Waals surface area (Å²) in [5, 5.41) is 13.8. The van der Waals surface area contributed by atoms with Crippen LogP contribution in [0.4, 0.5) is 0 Å². The molecule has 0 aromatic carbocycles. The van der Waals surface area contributed by atoms with E-state index in [1.54, 1.807) is 12.2 Å². The van der Waals surface area contributed by atoms with Gasteiger partial charge in [0.2, 0.25) is 0 Å². The summed E-state index contributed by atoms with van der Waals surface area (Å²) >= 11 is 1.52. The van der Waals surface area contributed by atoms with Crippen molar-refractivity contribution in [3.8, 4) is 0 Å². The molecular weight excluding hydrogens is 210 g/mol. The maximum Gasteiger partial charge on any atom is 0.332 e. The molecule has 0 spiro atoms. The second kappa shape index (κ2) is 6.16. The van der Waals surface area contributed by atoms with E-state index in [0.717, 1.165) is 4.88 Å². The van der Waals surface area contributed by atoms with Crippen molar-refractivity contribution in [3.05, 3.63) is 40.6 Å². The first-order chi connectivity index (χ1) is 7.24. The molecule has 1 rings (SSSR count). The van der Waals surface area contributed by atoms with Crippen LogP contribution in [0.1, 0.15) is 4.88 Å². The van der Waals surface area contributed by atoms with Gasteiger partial charge < -0.3 is 10.4 Å². The Labute approximate surface area is 92.8 Å². The van der Waals surface area contributed by atoms with Crippen molar-refractivity contribution in [2.75, 3.05) is 13.1 Å². The van der Waals surface area contributed by atoms with Crippen LogP contribution >= 0.6 is 11.3 Å². The van der Waals surface area contributed by atoms with Crippen LogP contribution in [0, 0.1) is 0 Å². The van der Waals surface area contributed by atoms with Gasteiger partial charge in [0.25, 0.3) is 0 Å². The Kier molecular flexibility index (Phi) is 4.80. The number of rotatable bonds is 6. The molecule has 15 heavy (non-hydrogen) atoms. The normalized spacial score (nSPS) is 11.3. The lowest BCUT2D eigenvalue weighted by atomic mass is 10.2. The van der Waals surface area contributed by atoms with E-state index in [1.165, 1.54) is 11.3 Å². The van der Waals surface area contributed by atoms with Crippen molar-refractivity contribution in [2.24, 2.45) is 0 Å². The van der Waals surface area contributed by atoms with Crippen LogP contribution in [-0.4, -0.2) is 24.2 Å². The summed E-state index contributed by atoms with van der Waals surface area (Å²) in [5.74, 6) is -0.889. The van der Waals surface area contributed by atoms with E-state index in [-0.39, 0.29) is 0 Å². The average Bonchev–Trinajstić information content (AvgIpc) is 2.69. The Morgan fingerprint density at radius 3 is 3.00 bits per heavy atom. The first-order valence-corrected chi connectivity index (χ1v) is 5.41. The highest BCUT2D eigenvalue weighted by Gasteiger charge is 2.06. The fourth-order valence-electron chi connectivity index (χ4n) is 1.04. The van der Waals surface area contributed by atoms with Crippen LogP contribution in [0.3, 0.4) is 0 Å². The Morgan fingerprint density at radius 1 is 1.67 bits per heavy atom. The Bertz CT molecular complexity index is 355. The third kappa shape index (κ3) is 4.10. The van der Waals surface area contributed by atoms with Crippen LogP contribution in [0.15, 0.2) is 35.7 Å². The summed E-state index contributed by atoms with van der Waals surface area (Å²) in [6, 6.07) is 3.79. The molecule has 0 unspecified atom stereocenters. The average molecular weight is 223 g/mol. The van der Waals surface area contributed by atoms with Crippen LogP contribution in [0.2, 0.25) is 0 Å². The Morgan fingerprint density at radius 2 is 2.47 bits per heavy atom. The summed E-state index contributed by atoms with van der Waals surface area (Å²) in [6.07, 6.45) is 3.38. The standard InChI is InChI=1S/C11H13NO2S/c1-2-5-12-8-9(11(13)14)7-10-4-3-6-15-10/h2-4,6-7,12H,1,5,8H2,(H,13,14)/b9-7+. The van der Waals surface area contributed by atoms with Crippen molar-refractivity contribution in [2.45, 2.75) is 0 Å². The monoisotopic (exact) mass is 223 g/mol. The van der Waals surface area contributed by atoms with Gasteiger partial charge in [-0.05, 0) is 17.5 Å². The smallest absolute Gasteiger partial charge is 0.332 e. The van der Waals surface area contributed by atoms with E-state index < -0.39 is 5.97 Å². The highest BCUT2D eigenvalue weighted by molar-refractivity contribution is 7.10. The number of carboxylic acids is 1. The highest BCUT2D eigenvalue weighted by atomic mass is 32.1. The molecule has 0 bridgehead atoms. The second-order valence-electron chi connectivity index (χ2n) is 2.91. The zero-order valence-electron chi connectivity index (χ0n) is 8.27. The van der Waals surface area contributed by atoms with Crippen molar-refractivity contribution >= 4 is 23.4 Å². The van der Waals surface area contributed by atoms with Gasteiger partial charge in [0.1, 0.15) is 0 Å². The molecule has 1 heterocycles. The minimum atomic E-state index is -0.889. The molecule has 4 heteroatoms. The fourth-order valence-corrected chi connectivity index (χ4v) is 1.72. The number of thiophene rings is 1. The van der Waals surface area contributed by atoms with E-state index in [9.17, 15) is 4.79 Å². The van der Waals surface area contributed by atoms with Gasteiger partial charge in [0.05, 0.1) is 5.57 Å². The summed E-state index contributed by atoms with van der Waals surface area (Å²) in [6.45, 7) is 4.50. The van der Waals surface area contributed by atoms with Gasteiger partial charge in [0, 0.05) is 18.0 Å². The van der Waals surface area contributed by atoms with Gasteiger partial charge in [-0.2, -0.15) is 0 Å². The number of carboxylic acid groups (broad SMARTS) is 1. The molecule has 0 saturated carbocycles. The zero-order chi connectivity index (χ0) is 11.1. The summed E-state index contributed by atoms with van der Waals surface area (Å²) < 4.78 is 0. The van der Waals surface area contributed by atoms with Gasteiger partial charge in [-0.15, -0.1) is 17.9 Å². The first kappa shape index (κ1) is 11.7. The van der Waals surface area contributed by atoms with E-state index >= 15 is 0 Å². The van der Waals surface area contributed by atoms with Crippen LogP contribution in [0.25, 0.3) is 6.08 Å². The lowest BCUT2D eigenvalue weighted by Crippen LogP contribution is -2.20. The van der Waals surface area contributed by atoms with Crippen LogP contribution < -0.4 is 5.32 Å². The fraction of sp³-hybridized carbons (Fsp3) is 0.182. The topological polar surface area (TPSA) is 49.3 Å². The molecule has 0 saturated heterocycles. The molecule has 0 radical (unpaired) electrons. The molecule has 0 aliphatic rings. The zero-order valence-corrected chi connectivity index (χ0v) is 9.09.